The van der Waals surface area contributed by atoms with E-state index in [2.05, 4.69) is 10.1 Å². The standard InChI is InChI=1S/C16H13Cl2F2NO2S/c17-11-4-3-5-12(18)10(11)8-24-9-15(22)21-13-6-1-2-7-14(13)23-16(19)20/h1-7,16H,8-9H2,(H,21,22). The Kier molecular flexibility index (Phi) is 7.15. The van der Waals surface area contributed by atoms with Gasteiger partial charge in [0.25, 0.3) is 0 Å². The van der Waals surface area contributed by atoms with E-state index in [4.69, 9.17) is 23.2 Å². The van der Waals surface area contributed by atoms with Crippen molar-refractivity contribution in [3.8, 4) is 5.75 Å². The first kappa shape index (κ1) is 18.8. The number of halogens is 4. The van der Waals surface area contributed by atoms with Crippen LogP contribution in [0.4, 0.5) is 14.5 Å². The van der Waals surface area contributed by atoms with Crippen LogP contribution < -0.4 is 10.1 Å². The van der Waals surface area contributed by atoms with Gasteiger partial charge in [0.15, 0.2) is 0 Å². The highest BCUT2D eigenvalue weighted by atomic mass is 35.5. The Balaban J connectivity index is 1.90. The van der Waals surface area contributed by atoms with Gasteiger partial charge < -0.3 is 10.1 Å². The summed E-state index contributed by atoms with van der Waals surface area (Å²) in [4.78, 5) is 12.0. The van der Waals surface area contributed by atoms with Gasteiger partial charge >= 0.3 is 6.61 Å². The zero-order valence-corrected chi connectivity index (χ0v) is 14.6. The maximum Gasteiger partial charge on any atom is 0.387 e. The second kappa shape index (κ2) is 9.11. The van der Waals surface area contributed by atoms with Crippen LogP contribution in [0.15, 0.2) is 42.5 Å². The molecule has 0 aliphatic carbocycles. The Morgan fingerprint density at radius 1 is 1.12 bits per heavy atom. The number of nitrogens with one attached hydrogen (secondary N) is 1. The molecule has 1 N–H and O–H groups in total. The molecule has 0 saturated heterocycles. The molecule has 3 nitrogen and oxygen atoms in total. The smallest absolute Gasteiger partial charge is 0.387 e. The normalized spacial score (nSPS) is 10.7. The molecule has 0 aliphatic heterocycles. The van der Waals surface area contributed by atoms with Gasteiger partial charge in [0.2, 0.25) is 5.91 Å². The number of benzene rings is 2. The minimum absolute atomic E-state index is 0.0833. The maximum atomic E-state index is 12.3. The summed E-state index contributed by atoms with van der Waals surface area (Å²) in [5.41, 5.74) is 0.944. The number of rotatable bonds is 7. The lowest BCUT2D eigenvalue weighted by molar-refractivity contribution is -0.113. The predicted octanol–water partition coefficient (Wildman–Crippen LogP) is 5.47. The van der Waals surface area contributed by atoms with Gasteiger partial charge in [0.1, 0.15) is 5.75 Å². The van der Waals surface area contributed by atoms with E-state index in [9.17, 15) is 13.6 Å². The molecule has 0 bridgehead atoms. The van der Waals surface area contributed by atoms with Crippen molar-refractivity contribution < 1.29 is 18.3 Å². The van der Waals surface area contributed by atoms with Gasteiger partial charge in [-0.05, 0) is 29.8 Å². The fraction of sp³-hybridized carbons (Fsp3) is 0.188. The fourth-order valence-electron chi connectivity index (χ4n) is 1.87. The molecular formula is C16H13Cl2F2NO2S. The SMILES string of the molecule is O=C(CSCc1c(Cl)cccc1Cl)Nc1ccccc1OC(F)F. The van der Waals surface area contributed by atoms with Crippen molar-refractivity contribution in [1.82, 2.24) is 0 Å². The lowest BCUT2D eigenvalue weighted by atomic mass is 10.2. The van der Waals surface area contributed by atoms with E-state index >= 15 is 0 Å². The molecule has 0 fully saturated rings. The van der Waals surface area contributed by atoms with Crippen LogP contribution in [0.3, 0.4) is 0 Å². The highest BCUT2D eigenvalue weighted by molar-refractivity contribution is 7.99. The number of hydrogen-bond acceptors (Lipinski definition) is 3. The third-order valence-corrected chi connectivity index (χ3v) is 4.59. The topological polar surface area (TPSA) is 38.3 Å². The highest BCUT2D eigenvalue weighted by Gasteiger charge is 2.12. The molecule has 2 rings (SSSR count). The number of carbonyl (C=O) groups excluding carboxylic acids is 1. The molecule has 0 unspecified atom stereocenters. The zero-order valence-electron chi connectivity index (χ0n) is 12.3. The summed E-state index contributed by atoms with van der Waals surface area (Å²) < 4.78 is 29.0. The van der Waals surface area contributed by atoms with Crippen LogP contribution >= 0.6 is 35.0 Å². The third kappa shape index (κ3) is 5.54. The third-order valence-electron chi connectivity index (χ3n) is 2.92. The number of alkyl halides is 2. The lowest BCUT2D eigenvalue weighted by Crippen LogP contribution is -2.15. The Hall–Kier alpha value is -1.50. The first-order chi connectivity index (χ1) is 11.5. The van der Waals surface area contributed by atoms with Crippen molar-refractivity contribution in [1.29, 1.82) is 0 Å². The van der Waals surface area contributed by atoms with E-state index in [-0.39, 0.29) is 23.1 Å². The van der Waals surface area contributed by atoms with Gasteiger partial charge in [-0.1, -0.05) is 41.4 Å². The molecule has 0 atom stereocenters. The summed E-state index contributed by atoms with van der Waals surface area (Å²) in [6, 6.07) is 11.2. The first-order valence-corrected chi connectivity index (χ1v) is 8.72. The monoisotopic (exact) mass is 391 g/mol. The predicted molar refractivity (Wildman–Crippen MR) is 94.3 cm³/mol. The second-order valence-corrected chi connectivity index (χ2v) is 6.42. The highest BCUT2D eigenvalue weighted by Crippen LogP contribution is 2.29. The van der Waals surface area contributed by atoms with Crippen LogP contribution in [0.5, 0.6) is 5.75 Å². The van der Waals surface area contributed by atoms with E-state index in [0.717, 1.165) is 5.56 Å². The van der Waals surface area contributed by atoms with Crippen molar-refractivity contribution in [3.63, 3.8) is 0 Å². The van der Waals surface area contributed by atoms with Gasteiger partial charge in [-0.15, -0.1) is 11.8 Å². The number of anilines is 1. The average molecular weight is 392 g/mol. The molecule has 1 amide bonds. The van der Waals surface area contributed by atoms with E-state index in [1.807, 2.05) is 0 Å². The van der Waals surface area contributed by atoms with E-state index < -0.39 is 6.61 Å². The van der Waals surface area contributed by atoms with E-state index in [0.29, 0.717) is 15.8 Å². The van der Waals surface area contributed by atoms with Crippen LogP contribution in [0.2, 0.25) is 10.0 Å². The van der Waals surface area contributed by atoms with Crippen molar-refractivity contribution in [2.24, 2.45) is 0 Å². The number of thioether (sulfide) groups is 1. The number of ether oxygens (including phenoxy) is 1. The van der Waals surface area contributed by atoms with Gasteiger partial charge in [-0.25, -0.2) is 0 Å². The molecule has 0 aliphatic rings. The molecule has 0 saturated carbocycles. The molecule has 2 aromatic rings. The van der Waals surface area contributed by atoms with Gasteiger partial charge in [0, 0.05) is 15.8 Å². The minimum atomic E-state index is -2.96. The Labute approximate surface area is 152 Å². The van der Waals surface area contributed by atoms with Crippen LogP contribution in [-0.2, 0) is 10.5 Å². The Morgan fingerprint density at radius 3 is 2.46 bits per heavy atom. The summed E-state index contributed by atoms with van der Waals surface area (Å²) in [6.45, 7) is -2.96. The number of hydrogen-bond donors (Lipinski definition) is 1. The fourth-order valence-corrected chi connectivity index (χ4v) is 3.44. The Morgan fingerprint density at radius 2 is 1.79 bits per heavy atom. The van der Waals surface area contributed by atoms with Crippen molar-refractivity contribution in [3.05, 3.63) is 58.1 Å². The van der Waals surface area contributed by atoms with E-state index in [1.165, 1.54) is 23.9 Å². The zero-order chi connectivity index (χ0) is 17.5. The van der Waals surface area contributed by atoms with Gasteiger partial charge in [0.05, 0.1) is 11.4 Å². The lowest BCUT2D eigenvalue weighted by Gasteiger charge is -2.11. The molecule has 0 heterocycles. The summed E-state index contributed by atoms with van der Waals surface area (Å²) >= 11 is 13.4. The van der Waals surface area contributed by atoms with Crippen LogP contribution in [0.25, 0.3) is 0 Å². The van der Waals surface area contributed by atoms with Crippen LogP contribution in [-0.4, -0.2) is 18.3 Å². The maximum absolute atomic E-state index is 12.3. The molecule has 8 heteroatoms. The van der Waals surface area contributed by atoms with Crippen molar-refractivity contribution in [2.75, 3.05) is 11.1 Å². The summed E-state index contributed by atoms with van der Waals surface area (Å²) in [5, 5.41) is 3.61. The van der Waals surface area contributed by atoms with Crippen LogP contribution in [0.1, 0.15) is 5.56 Å². The summed E-state index contributed by atoms with van der Waals surface area (Å²) in [6.07, 6.45) is 0. The average Bonchev–Trinajstić information content (AvgIpc) is 2.52. The second-order valence-electron chi connectivity index (χ2n) is 4.62. The molecule has 0 spiro atoms. The number of para-hydroxylation sites is 2. The number of carbonyl (C=O) groups is 1. The molecule has 128 valence electrons. The molecular weight excluding hydrogens is 379 g/mol. The molecule has 0 aromatic heterocycles. The van der Waals surface area contributed by atoms with E-state index in [1.54, 1.807) is 30.3 Å². The van der Waals surface area contributed by atoms with Gasteiger partial charge in [-0.2, -0.15) is 8.78 Å². The van der Waals surface area contributed by atoms with Crippen molar-refractivity contribution in [2.45, 2.75) is 12.4 Å². The van der Waals surface area contributed by atoms with Gasteiger partial charge in [-0.3, -0.25) is 4.79 Å². The Bertz CT molecular complexity index is 696. The number of amides is 1. The summed E-state index contributed by atoms with van der Waals surface area (Å²) in [5.74, 6) is 0.152. The minimum Gasteiger partial charge on any atom is -0.433 e. The van der Waals surface area contributed by atoms with Crippen molar-refractivity contribution >= 4 is 46.6 Å². The molecule has 24 heavy (non-hydrogen) atoms. The first-order valence-electron chi connectivity index (χ1n) is 6.81. The quantitative estimate of drug-likeness (QED) is 0.680. The largest absolute Gasteiger partial charge is 0.433 e. The van der Waals surface area contributed by atoms with Crippen LogP contribution in [0, 0.1) is 0 Å². The summed E-state index contributed by atoms with van der Waals surface area (Å²) in [7, 11) is 0. The molecule has 0 radical (unpaired) electrons. The molecule has 2 aromatic carbocycles.